The number of aromatic nitrogens is 2. The fourth-order valence-electron chi connectivity index (χ4n) is 3.29. The Morgan fingerprint density at radius 2 is 2.30 bits per heavy atom. The van der Waals surface area contributed by atoms with Gasteiger partial charge in [-0.15, -0.1) is 0 Å². The summed E-state index contributed by atoms with van der Waals surface area (Å²) in [7, 11) is 0. The van der Waals surface area contributed by atoms with E-state index in [1.165, 1.54) is 4.57 Å². The SMILES string of the molecule is CCC1CC(C(=O)O)n2c1cnc(NCC1=CCCC=C1)c2=O. The zero-order valence-corrected chi connectivity index (χ0v) is 13.2. The van der Waals surface area contributed by atoms with Gasteiger partial charge in [0.05, 0.1) is 0 Å². The van der Waals surface area contributed by atoms with E-state index in [1.807, 2.05) is 13.0 Å². The second kappa shape index (κ2) is 6.40. The quantitative estimate of drug-likeness (QED) is 0.872. The second-order valence-electron chi connectivity index (χ2n) is 6.01. The molecule has 0 spiro atoms. The van der Waals surface area contributed by atoms with Crippen LogP contribution >= 0.6 is 0 Å². The summed E-state index contributed by atoms with van der Waals surface area (Å²) in [5, 5.41) is 12.5. The molecule has 2 unspecified atom stereocenters. The number of allylic oxidation sites excluding steroid dienone is 2. The van der Waals surface area contributed by atoms with E-state index in [1.54, 1.807) is 6.20 Å². The minimum absolute atomic E-state index is 0.0781. The average Bonchev–Trinajstić information content (AvgIpc) is 2.95. The van der Waals surface area contributed by atoms with Crippen LogP contribution < -0.4 is 10.9 Å². The van der Waals surface area contributed by atoms with Gasteiger partial charge in [-0.3, -0.25) is 9.36 Å². The maximum Gasteiger partial charge on any atom is 0.326 e. The van der Waals surface area contributed by atoms with Crippen LogP contribution in [-0.4, -0.2) is 27.2 Å². The number of anilines is 1. The lowest BCUT2D eigenvalue weighted by molar-refractivity contribution is -0.140. The van der Waals surface area contributed by atoms with Gasteiger partial charge >= 0.3 is 5.97 Å². The number of nitrogens with one attached hydrogen (secondary N) is 1. The van der Waals surface area contributed by atoms with Crippen LogP contribution in [0.2, 0.25) is 0 Å². The van der Waals surface area contributed by atoms with Gasteiger partial charge in [0.25, 0.3) is 5.56 Å². The highest BCUT2D eigenvalue weighted by Gasteiger charge is 2.36. The molecule has 0 saturated carbocycles. The summed E-state index contributed by atoms with van der Waals surface area (Å²) in [6.45, 7) is 2.52. The van der Waals surface area contributed by atoms with Crippen molar-refractivity contribution in [3.63, 3.8) is 0 Å². The lowest BCUT2D eigenvalue weighted by atomic mass is 10.00. The molecule has 23 heavy (non-hydrogen) atoms. The normalized spacial score (nSPS) is 22.6. The van der Waals surface area contributed by atoms with Crippen LogP contribution in [0, 0.1) is 0 Å². The van der Waals surface area contributed by atoms with E-state index in [0.29, 0.717) is 13.0 Å². The first kappa shape index (κ1) is 15.5. The predicted octanol–water partition coefficient (Wildman–Crippen LogP) is 2.45. The van der Waals surface area contributed by atoms with Crippen molar-refractivity contribution in [3.05, 3.63) is 46.0 Å². The van der Waals surface area contributed by atoms with Gasteiger partial charge in [0.2, 0.25) is 0 Å². The maximum atomic E-state index is 12.6. The molecule has 6 nitrogen and oxygen atoms in total. The summed E-state index contributed by atoms with van der Waals surface area (Å²) >= 11 is 0. The van der Waals surface area contributed by atoms with Gasteiger partial charge in [0, 0.05) is 24.4 Å². The molecule has 2 N–H and O–H groups in total. The summed E-state index contributed by atoms with van der Waals surface area (Å²) in [4.78, 5) is 28.4. The van der Waals surface area contributed by atoms with E-state index in [0.717, 1.165) is 30.5 Å². The molecule has 122 valence electrons. The van der Waals surface area contributed by atoms with E-state index in [-0.39, 0.29) is 17.3 Å². The Hall–Kier alpha value is -2.37. The minimum Gasteiger partial charge on any atom is -0.480 e. The summed E-state index contributed by atoms with van der Waals surface area (Å²) in [5.41, 5.74) is 1.50. The van der Waals surface area contributed by atoms with Gasteiger partial charge < -0.3 is 10.4 Å². The molecule has 1 aliphatic carbocycles. The Balaban J connectivity index is 1.88. The Morgan fingerprint density at radius 3 is 2.96 bits per heavy atom. The third-order valence-electron chi connectivity index (χ3n) is 4.57. The predicted molar refractivity (Wildman–Crippen MR) is 87.8 cm³/mol. The Kier molecular flexibility index (Phi) is 4.32. The molecule has 1 aliphatic heterocycles. The molecule has 1 aromatic heterocycles. The summed E-state index contributed by atoms with van der Waals surface area (Å²) in [6, 6.07) is -0.792. The standard InChI is InChI=1S/C17H21N3O3/c1-2-12-8-13(17(22)23)20-14(12)10-19-15(16(20)21)18-9-11-6-4-3-5-7-11/h4,6-7,10,12-13H,2-3,5,8-9H2,1H3,(H,18,19)(H,22,23). The zero-order chi connectivity index (χ0) is 16.4. The molecule has 2 aliphatic rings. The average molecular weight is 315 g/mol. The molecule has 0 amide bonds. The molecular weight excluding hydrogens is 294 g/mol. The molecule has 1 aromatic rings. The molecule has 2 atom stereocenters. The highest BCUT2D eigenvalue weighted by molar-refractivity contribution is 5.73. The number of hydrogen-bond donors (Lipinski definition) is 2. The lowest BCUT2D eigenvalue weighted by Crippen LogP contribution is -2.30. The van der Waals surface area contributed by atoms with E-state index >= 15 is 0 Å². The molecular formula is C17H21N3O3. The molecule has 2 heterocycles. The Labute approximate surface area is 134 Å². The number of carboxylic acids is 1. The third kappa shape index (κ3) is 2.93. The van der Waals surface area contributed by atoms with Crippen molar-refractivity contribution < 1.29 is 9.90 Å². The van der Waals surface area contributed by atoms with Crippen molar-refractivity contribution in [2.75, 3.05) is 11.9 Å². The van der Waals surface area contributed by atoms with Gasteiger partial charge in [0.15, 0.2) is 5.82 Å². The van der Waals surface area contributed by atoms with Crippen molar-refractivity contribution in [2.24, 2.45) is 0 Å². The first-order valence-electron chi connectivity index (χ1n) is 8.05. The molecule has 0 saturated heterocycles. The highest BCUT2D eigenvalue weighted by Crippen LogP contribution is 2.36. The van der Waals surface area contributed by atoms with Crippen LogP contribution in [0.4, 0.5) is 5.82 Å². The van der Waals surface area contributed by atoms with Crippen LogP contribution in [0.25, 0.3) is 0 Å². The van der Waals surface area contributed by atoms with Gasteiger partial charge in [-0.1, -0.05) is 25.2 Å². The number of nitrogens with zero attached hydrogens (tertiary/aromatic N) is 2. The van der Waals surface area contributed by atoms with Crippen molar-refractivity contribution in [2.45, 2.75) is 44.6 Å². The van der Waals surface area contributed by atoms with E-state index in [9.17, 15) is 14.7 Å². The molecule has 0 radical (unpaired) electrons. The molecule has 6 heteroatoms. The van der Waals surface area contributed by atoms with Crippen LogP contribution in [0.3, 0.4) is 0 Å². The summed E-state index contributed by atoms with van der Waals surface area (Å²) in [5.74, 6) is -0.662. The van der Waals surface area contributed by atoms with Gasteiger partial charge in [-0.25, -0.2) is 9.78 Å². The van der Waals surface area contributed by atoms with Crippen molar-refractivity contribution in [1.29, 1.82) is 0 Å². The smallest absolute Gasteiger partial charge is 0.326 e. The lowest BCUT2D eigenvalue weighted by Gasteiger charge is -2.13. The van der Waals surface area contributed by atoms with Crippen LogP contribution in [0.1, 0.15) is 50.3 Å². The Morgan fingerprint density at radius 1 is 1.48 bits per heavy atom. The Bertz CT molecular complexity index is 733. The van der Waals surface area contributed by atoms with Crippen molar-refractivity contribution >= 4 is 11.8 Å². The van der Waals surface area contributed by atoms with Crippen LogP contribution in [0.5, 0.6) is 0 Å². The molecule has 0 aromatic carbocycles. The second-order valence-corrected chi connectivity index (χ2v) is 6.01. The monoisotopic (exact) mass is 315 g/mol. The fourth-order valence-corrected chi connectivity index (χ4v) is 3.29. The van der Waals surface area contributed by atoms with Crippen LogP contribution in [0.15, 0.2) is 34.8 Å². The number of aliphatic carboxylic acids is 1. The topological polar surface area (TPSA) is 84.2 Å². The van der Waals surface area contributed by atoms with Gasteiger partial charge in [0.1, 0.15) is 6.04 Å². The first-order chi connectivity index (χ1) is 11.1. The summed E-state index contributed by atoms with van der Waals surface area (Å²) < 4.78 is 1.40. The number of fused-ring (bicyclic) bond motifs is 1. The molecule has 0 bridgehead atoms. The van der Waals surface area contributed by atoms with Gasteiger partial charge in [-0.05, 0) is 31.3 Å². The van der Waals surface area contributed by atoms with Gasteiger partial charge in [-0.2, -0.15) is 0 Å². The third-order valence-corrected chi connectivity index (χ3v) is 4.57. The zero-order valence-electron chi connectivity index (χ0n) is 13.2. The number of carboxylic acid groups (broad SMARTS) is 1. The largest absolute Gasteiger partial charge is 0.480 e. The highest BCUT2D eigenvalue weighted by atomic mass is 16.4. The maximum absolute atomic E-state index is 12.6. The molecule has 3 rings (SSSR count). The molecule has 0 fully saturated rings. The van der Waals surface area contributed by atoms with E-state index < -0.39 is 12.0 Å². The number of rotatable bonds is 5. The fraction of sp³-hybridized carbons (Fsp3) is 0.471. The summed E-state index contributed by atoms with van der Waals surface area (Å²) in [6.07, 6.45) is 11.2. The van der Waals surface area contributed by atoms with Crippen molar-refractivity contribution in [1.82, 2.24) is 9.55 Å². The minimum atomic E-state index is -0.959. The van der Waals surface area contributed by atoms with E-state index in [4.69, 9.17) is 0 Å². The van der Waals surface area contributed by atoms with Crippen LogP contribution in [-0.2, 0) is 4.79 Å². The number of carbonyl (C=O) groups is 1. The first-order valence-corrected chi connectivity index (χ1v) is 8.05. The van der Waals surface area contributed by atoms with E-state index in [2.05, 4.69) is 22.5 Å². The number of hydrogen-bond acceptors (Lipinski definition) is 4. The van der Waals surface area contributed by atoms with Crippen molar-refractivity contribution in [3.8, 4) is 0 Å².